The minimum Gasteiger partial charge on any atom is -0.311 e. The number of nitrogens with one attached hydrogen (secondary N) is 1. The highest BCUT2D eigenvalue weighted by atomic mass is 15.1. The number of hydrogen-bond donors (Lipinski definition) is 1. The van der Waals surface area contributed by atoms with E-state index in [1.165, 1.54) is 16.7 Å². The molecule has 0 amide bonds. The molecule has 0 heterocycles. The highest BCUT2D eigenvalue weighted by molar-refractivity contribution is 5.28. The van der Waals surface area contributed by atoms with Crippen molar-refractivity contribution in [2.45, 2.75) is 34.2 Å². The number of aryl methyl sites for hydroxylation is 2. The molecule has 0 bridgehead atoms. The van der Waals surface area contributed by atoms with Gasteiger partial charge in [-0.3, -0.25) is 0 Å². The van der Waals surface area contributed by atoms with E-state index < -0.39 is 0 Å². The molecule has 0 aliphatic heterocycles. The van der Waals surface area contributed by atoms with E-state index in [4.69, 9.17) is 0 Å². The Balaban J connectivity index is 2.31. The molecule has 0 radical (unpaired) electrons. The molecule has 0 saturated heterocycles. The number of nitrogens with zero attached hydrogens (tertiary/aromatic N) is 1. The number of likely N-dealkylation sites (N-methyl/N-ethyl adjacent to an activating group) is 1. The Morgan fingerprint density at radius 1 is 1.00 bits per heavy atom. The minimum atomic E-state index is 0.976. The molecule has 96 valence electrons. The maximum absolute atomic E-state index is 3.51. The lowest BCUT2D eigenvalue weighted by molar-refractivity contribution is 0.302. The zero-order valence-electron chi connectivity index (χ0n) is 11.7. The van der Waals surface area contributed by atoms with Gasteiger partial charge in [-0.1, -0.05) is 43.2 Å². The standard InChI is InChI=1S/C15H26N2/c1-5-17(6-2)8-7-16-12-15-10-13(3)9-14(4)11-15/h9-11,16H,5-8,12H2,1-4H3. The predicted octanol–water partition coefficient (Wildman–Crippen LogP) is 2.73. The molecule has 2 nitrogen and oxygen atoms in total. The molecular formula is C15H26N2. The molecule has 0 aliphatic carbocycles. The monoisotopic (exact) mass is 234 g/mol. The van der Waals surface area contributed by atoms with Gasteiger partial charge in [0.25, 0.3) is 0 Å². The van der Waals surface area contributed by atoms with Gasteiger partial charge in [-0.05, 0) is 32.5 Å². The molecule has 1 aromatic rings. The van der Waals surface area contributed by atoms with Crippen molar-refractivity contribution in [1.29, 1.82) is 0 Å². The van der Waals surface area contributed by atoms with Crippen LogP contribution in [0.2, 0.25) is 0 Å². The number of benzene rings is 1. The number of rotatable bonds is 7. The summed E-state index contributed by atoms with van der Waals surface area (Å²) in [4.78, 5) is 2.44. The van der Waals surface area contributed by atoms with E-state index in [0.29, 0.717) is 0 Å². The van der Waals surface area contributed by atoms with Crippen LogP contribution in [0, 0.1) is 13.8 Å². The van der Waals surface area contributed by atoms with Gasteiger partial charge in [0.05, 0.1) is 0 Å². The summed E-state index contributed by atoms with van der Waals surface area (Å²) in [6.07, 6.45) is 0. The Hall–Kier alpha value is -0.860. The summed E-state index contributed by atoms with van der Waals surface area (Å²) < 4.78 is 0. The van der Waals surface area contributed by atoms with Gasteiger partial charge in [0.2, 0.25) is 0 Å². The molecule has 0 spiro atoms. The van der Waals surface area contributed by atoms with E-state index in [0.717, 1.165) is 32.7 Å². The van der Waals surface area contributed by atoms with Crippen LogP contribution in [-0.4, -0.2) is 31.1 Å². The van der Waals surface area contributed by atoms with Crippen LogP contribution in [0.1, 0.15) is 30.5 Å². The molecule has 2 heteroatoms. The van der Waals surface area contributed by atoms with E-state index in [9.17, 15) is 0 Å². The zero-order chi connectivity index (χ0) is 12.7. The molecule has 0 atom stereocenters. The van der Waals surface area contributed by atoms with Crippen molar-refractivity contribution >= 4 is 0 Å². The van der Waals surface area contributed by atoms with E-state index in [1.54, 1.807) is 0 Å². The third-order valence-corrected chi connectivity index (χ3v) is 3.11. The fourth-order valence-corrected chi connectivity index (χ4v) is 2.18. The van der Waals surface area contributed by atoms with Gasteiger partial charge in [0.15, 0.2) is 0 Å². The second-order valence-corrected chi connectivity index (χ2v) is 4.70. The van der Waals surface area contributed by atoms with Crippen molar-refractivity contribution in [2.75, 3.05) is 26.2 Å². The first-order valence-electron chi connectivity index (χ1n) is 6.66. The van der Waals surface area contributed by atoms with Crippen LogP contribution >= 0.6 is 0 Å². The Bertz CT molecular complexity index is 309. The maximum Gasteiger partial charge on any atom is 0.0206 e. The topological polar surface area (TPSA) is 15.3 Å². The van der Waals surface area contributed by atoms with Crippen LogP contribution in [0.25, 0.3) is 0 Å². The Morgan fingerprint density at radius 3 is 2.12 bits per heavy atom. The van der Waals surface area contributed by atoms with Gasteiger partial charge in [-0.15, -0.1) is 0 Å². The molecule has 1 N–H and O–H groups in total. The largest absolute Gasteiger partial charge is 0.311 e. The van der Waals surface area contributed by atoms with Crippen molar-refractivity contribution in [3.05, 3.63) is 34.9 Å². The number of hydrogen-bond acceptors (Lipinski definition) is 2. The van der Waals surface area contributed by atoms with Crippen molar-refractivity contribution in [2.24, 2.45) is 0 Å². The third kappa shape index (κ3) is 5.33. The third-order valence-electron chi connectivity index (χ3n) is 3.11. The second-order valence-electron chi connectivity index (χ2n) is 4.70. The molecule has 1 rings (SSSR count). The Kier molecular flexibility index (Phi) is 6.23. The van der Waals surface area contributed by atoms with E-state index >= 15 is 0 Å². The summed E-state index contributed by atoms with van der Waals surface area (Å²) in [5.41, 5.74) is 4.10. The maximum atomic E-state index is 3.51. The molecular weight excluding hydrogens is 208 g/mol. The van der Waals surface area contributed by atoms with Gasteiger partial charge >= 0.3 is 0 Å². The fraction of sp³-hybridized carbons (Fsp3) is 0.600. The smallest absolute Gasteiger partial charge is 0.0206 e. The quantitative estimate of drug-likeness (QED) is 0.730. The Labute approximate surface area is 106 Å². The summed E-state index contributed by atoms with van der Waals surface area (Å²) in [7, 11) is 0. The van der Waals surface area contributed by atoms with E-state index in [2.05, 4.69) is 56.1 Å². The van der Waals surface area contributed by atoms with Crippen LogP contribution in [0.15, 0.2) is 18.2 Å². The molecule has 0 fully saturated rings. The normalized spacial score (nSPS) is 11.1. The van der Waals surface area contributed by atoms with Gasteiger partial charge in [0.1, 0.15) is 0 Å². The van der Waals surface area contributed by atoms with Gasteiger partial charge in [-0.25, -0.2) is 0 Å². The summed E-state index contributed by atoms with van der Waals surface area (Å²) in [6, 6.07) is 6.74. The van der Waals surface area contributed by atoms with Crippen molar-refractivity contribution in [3.8, 4) is 0 Å². The van der Waals surface area contributed by atoms with Crippen molar-refractivity contribution < 1.29 is 0 Å². The highest BCUT2D eigenvalue weighted by Crippen LogP contribution is 2.08. The fourth-order valence-electron chi connectivity index (χ4n) is 2.18. The summed E-state index contributed by atoms with van der Waals surface area (Å²) >= 11 is 0. The first-order chi connectivity index (χ1) is 8.15. The van der Waals surface area contributed by atoms with Crippen molar-refractivity contribution in [1.82, 2.24) is 10.2 Å². The predicted molar refractivity (Wildman–Crippen MR) is 75.4 cm³/mol. The average Bonchev–Trinajstić information content (AvgIpc) is 2.28. The van der Waals surface area contributed by atoms with Gasteiger partial charge < -0.3 is 10.2 Å². The lowest BCUT2D eigenvalue weighted by Gasteiger charge is -2.18. The van der Waals surface area contributed by atoms with Crippen LogP contribution in [-0.2, 0) is 6.54 Å². The van der Waals surface area contributed by atoms with Crippen LogP contribution < -0.4 is 5.32 Å². The molecule has 17 heavy (non-hydrogen) atoms. The van der Waals surface area contributed by atoms with Crippen LogP contribution in [0.5, 0.6) is 0 Å². The van der Waals surface area contributed by atoms with Crippen molar-refractivity contribution in [3.63, 3.8) is 0 Å². The van der Waals surface area contributed by atoms with Gasteiger partial charge in [0, 0.05) is 19.6 Å². The van der Waals surface area contributed by atoms with E-state index in [1.807, 2.05) is 0 Å². The van der Waals surface area contributed by atoms with Crippen LogP contribution in [0.4, 0.5) is 0 Å². The average molecular weight is 234 g/mol. The van der Waals surface area contributed by atoms with Gasteiger partial charge in [-0.2, -0.15) is 0 Å². The summed E-state index contributed by atoms with van der Waals surface area (Å²) in [6.45, 7) is 14.2. The molecule has 0 saturated carbocycles. The SMILES string of the molecule is CCN(CC)CCNCc1cc(C)cc(C)c1. The van der Waals surface area contributed by atoms with E-state index in [-0.39, 0.29) is 0 Å². The zero-order valence-corrected chi connectivity index (χ0v) is 11.7. The highest BCUT2D eigenvalue weighted by Gasteiger charge is 1.99. The molecule has 0 aromatic heterocycles. The lowest BCUT2D eigenvalue weighted by Crippen LogP contribution is -2.31. The molecule has 0 unspecified atom stereocenters. The summed E-state index contributed by atoms with van der Waals surface area (Å²) in [5, 5.41) is 3.51. The first kappa shape index (κ1) is 14.2. The first-order valence-corrected chi connectivity index (χ1v) is 6.66. The second kappa shape index (κ2) is 7.46. The Morgan fingerprint density at radius 2 is 1.59 bits per heavy atom. The summed E-state index contributed by atoms with van der Waals surface area (Å²) in [5.74, 6) is 0. The molecule has 0 aliphatic rings. The molecule has 1 aromatic carbocycles. The minimum absolute atomic E-state index is 0.976. The lowest BCUT2D eigenvalue weighted by atomic mass is 10.1. The van der Waals surface area contributed by atoms with Crippen LogP contribution in [0.3, 0.4) is 0 Å².